The maximum atomic E-state index is 11.7. The summed E-state index contributed by atoms with van der Waals surface area (Å²) < 4.78 is 9.93. The summed E-state index contributed by atoms with van der Waals surface area (Å²) in [6.45, 7) is 1.42. The number of benzene rings is 2. The van der Waals surface area contributed by atoms with Crippen molar-refractivity contribution in [2.75, 3.05) is 0 Å². The SMILES string of the molecule is C[C](OC(=O)c1ccccc1)OC(=O)c1ccccc1. The molecule has 4 nitrogen and oxygen atoms in total. The molecule has 0 aliphatic heterocycles. The average Bonchev–Trinajstić information content (AvgIpc) is 2.49. The third-order valence-electron chi connectivity index (χ3n) is 2.49. The van der Waals surface area contributed by atoms with Crippen molar-refractivity contribution in [2.24, 2.45) is 0 Å². The zero-order chi connectivity index (χ0) is 14.4. The molecule has 2 aromatic rings. The Balaban J connectivity index is 1.91. The summed E-state index contributed by atoms with van der Waals surface area (Å²) in [4.78, 5) is 23.5. The predicted molar refractivity (Wildman–Crippen MR) is 72.6 cm³/mol. The van der Waals surface area contributed by atoms with Gasteiger partial charge in [-0.05, 0) is 24.3 Å². The fraction of sp³-hybridized carbons (Fsp3) is 0.0625. The van der Waals surface area contributed by atoms with Gasteiger partial charge in [-0.15, -0.1) is 0 Å². The number of hydrogen-bond acceptors (Lipinski definition) is 4. The highest BCUT2D eigenvalue weighted by Crippen LogP contribution is 2.12. The summed E-state index contributed by atoms with van der Waals surface area (Å²) in [5.74, 6) is -1.13. The van der Waals surface area contributed by atoms with Crippen LogP contribution in [0.25, 0.3) is 0 Å². The maximum Gasteiger partial charge on any atom is 0.341 e. The van der Waals surface area contributed by atoms with E-state index < -0.39 is 11.9 Å². The Bertz CT molecular complexity index is 524. The molecule has 4 heteroatoms. The van der Waals surface area contributed by atoms with Crippen LogP contribution in [0.15, 0.2) is 60.7 Å². The molecule has 1 radical (unpaired) electrons. The molecule has 0 aliphatic carbocycles. The van der Waals surface area contributed by atoms with Gasteiger partial charge < -0.3 is 9.47 Å². The zero-order valence-corrected chi connectivity index (χ0v) is 10.9. The first-order chi connectivity index (χ1) is 9.66. The Kier molecular flexibility index (Phi) is 4.50. The summed E-state index contributed by atoms with van der Waals surface area (Å²) >= 11 is 0. The van der Waals surface area contributed by atoms with Crippen LogP contribution in [0, 0.1) is 6.29 Å². The van der Waals surface area contributed by atoms with Crippen LogP contribution >= 0.6 is 0 Å². The number of hydrogen-bond donors (Lipinski definition) is 0. The van der Waals surface area contributed by atoms with E-state index in [9.17, 15) is 9.59 Å². The van der Waals surface area contributed by atoms with Gasteiger partial charge in [0, 0.05) is 6.92 Å². The van der Waals surface area contributed by atoms with Gasteiger partial charge in [-0.25, -0.2) is 9.59 Å². The van der Waals surface area contributed by atoms with E-state index in [2.05, 4.69) is 0 Å². The van der Waals surface area contributed by atoms with Gasteiger partial charge in [-0.2, -0.15) is 0 Å². The molecule has 2 rings (SSSR count). The van der Waals surface area contributed by atoms with Gasteiger partial charge in [0.1, 0.15) is 0 Å². The molecule has 2 aromatic carbocycles. The van der Waals surface area contributed by atoms with Crippen LogP contribution in [0.5, 0.6) is 0 Å². The van der Waals surface area contributed by atoms with Crippen molar-refractivity contribution < 1.29 is 19.1 Å². The van der Waals surface area contributed by atoms with Gasteiger partial charge in [0.25, 0.3) is 0 Å². The third-order valence-corrected chi connectivity index (χ3v) is 2.49. The average molecular weight is 269 g/mol. The fourth-order valence-corrected chi connectivity index (χ4v) is 1.55. The van der Waals surface area contributed by atoms with E-state index in [-0.39, 0.29) is 6.29 Å². The smallest absolute Gasteiger partial charge is 0.341 e. The van der Waals surface area contributed by atoms with Crippen molar-refractivity contribution in [3.8, 4) is 0 Å². The molecule has 0 fully saturated rings. The van der Waals surface area contributed by atoms with Crippen LogP contribution in [-0.4, -0.2) is 11.9 Å². The Morgan fingerprint density at radius 2 is 1.05 bits per heavy atom. The molecule has 0 amide bonds. The molecule has 0 N–H and O–H groups in total. The van der Waals surface area contributed by atoms with Crippen LogP contribution in [0.2, 0.25) is 0 Å². The Labute approximate surface area is 116 Å². The molecule has 0 unspecified atom stereocenters. The normalized spacial score (nSPS) is 10.1. The van der Waals surface area contributed by atoms with Crippen LogP contribution < -0.4 is 0 Å². The predicted octanol–water partition coefficient (Wildman–Crippen LogP) is 3.21. The van der Waals surface area contributed by atoms with Crippen molar-refractivity contribution >= 4 is 11.9 Å². The number of ether oxygens (including phenoxy) is 2. The Hall–Kier alpha value is -2.62. The molecule has 0 spiro atoms. The molecular weight excluding hydrogens is 256 g/mol. The zero-order valence-electron chi connectivity index (χ0n) is 10.9. The molecular formula is C16H13O4. The van der Waals surface area contributed by atoms with E-state index >= 15 is 0 Å². The second-order valence-electron chi connectivity index (χ2n) is 4.00. The van der Waals surface area contributed by atoms with E-state index in [1.54, 1.807) is 60.7 Å². The highest BCUT2D eigenvalue weighted by atomic mass is 16.7. The van der Waals surface area contributed by atoms with Crippen LogP contribution in [0.3, 0.4) is 0 Å². The molecule has 0 aliphatic rings. The summed E-state index contributed by atoms with van der Waals surface area (Å²) in [7, 11) is 0. The van der Waals surface area contributed by atoms with Gasteiger partial charge in [0.2, 0.25) is 0 Å². The number of rotatable bonds is 4. The van der Waals surface area contributed by atoms with E-state index in [4.69, 9.17) is 9.47 Å². The van der Waals surface area contributed by atoms with Crippen molar-refractivity contribution in [3.63, 3.8) is 0 Å². The standard InChI is InChI=1S/C16H13O4/c1-12(19-15(17)13-8-4-2-5-9-13)20-16(18)14-10-6-3-7-11-14/h2-11H,1H3. The maximum absolute atomic E-state index is 11.7. The molecule has 0 saturated carbocycles. The summed E-state index contributed by atoms with van der Waals surface area (Å²) in [5, 5.41) is 0. The number of carbonyl (C=O) groups excluding carboxylic acids is 2. The van der Waals surface area contributed by atoms with Crippen molar-refractivity contribution in [3.05, 3.63) is 78.1 Å². The minimum Gasteiger partial charge on any atom is -0.411 e. The van der Waals surface area contributed by atoms with E-state index in [1.807, 2.05) is 0 Å². The van der Waals surface area contributed by atoms with Gasteiger partial charge in [-0.3, -0.25) is 0 Å². The van der Waals surface area contributed by atoms with E-state index in [0.717, 1.165) is 0 Å². The molecule has 0 atom stereocenters. The summed E-state index contributed by atoms with van der Waals surface area (Å²) in [6, 6.07) is 17.0. The van der Waals surface area contributed by atoms with Crippen molar-refractivity contribution in [1.82, 2.24) is 0 Å². The second-order valence-corrected chi connectivity index (χ2v) is 4.00. The van der Waals surface area contributed by atoms with Crippen molar-refractivity contribution in [2.45, 2.75) is 6.92 Å². The molecule has 0 aromatic heterocycles. The van der Waals surface area contributed by atoms with Crippen molar-refractivity contribution in [1.29, 1.82) is 0 Å². The van der Waals surface area contributed by atoms with Gasteiger partial charge >= 0.3 is 18.2 Å². The highest BCUT2D eigenvalue weighted by Gasteiger charge is 2.18. The monoisotopic (exact) mass is 269 g/mol. The molecule has 20 heavy (non-hydrogen) atoms. The molecule has 0 bridgehead atoms. The summed E-state index contributed by atoms with van der Waals surface area (Å²) in [6.07, 6.45) is -0.104. The molecule has 0 saturated heterocycles. The topological polar surface area (TPSA) is 52.6 Å². The Morgan fingerprint density at radius 3 is 1.40 bits per heavy atom. The summed E-state index contributed by atoms with van der Waals surface area (Å²) in [5.41, 5.74) is 0.783. The molecule has 0 heterocycles. The van der Waals surface area contributed by atoms with Gasteiger partial charge in [0.15, 0.2) is 0 Å². The minimum atomic E-state index is -0.566. The third kappa shape index (κ3) is 3.68. The fourth-order valence-electron chi connectivity index (χ4n) is 1.55. The first-order valence-corrected chi connectivity index (χ1v) is 6.05. The second kappa shape index (κ2) is 6.52. The lowest BCUT2D eigenvalue weighted by molar-refractivity contribution is -0.00794. The Morgan fingerprint density at radius 1 is 0.700 bits per heavy atom. The molecule has 101 valence electrons. The first-order valence-electron chi connectivity index (χ1n) is 6.05. The largest absolute Gasteiger partial charge is 0.411 e. The van der Waals surface area contributed by atoms with Gasteiger partial charge in [0.05, 0.1) is 11.1 Å². The number of carbonyl (C=O) groups is 2. The first kappa shape index (κ1) is 13.8. The number of esters is 2. The van der Waals surface area contributed by atoms with Gasteiger partial charge in [-0.1, -0.05) is 36.4 Å². The van der Waals surface area contributed by atoms with Crippen LogP contribution in [-0.2, 0) is 9.47 Å². The lowest BCUT2D eigenvalue weighted by atomic mass is 10.2. The lowest BCUT2D eigenvalue weighted by Gasteiger charge is -2.11. The minimum absolute atomic E-state index is 0.104. The lowest BCUT2D eigenvalue weighted by Crippen LogP contribution is -2.15. The quantitative estimate of drug-likeness (QED) is 0.800. The van der Waals surface area contributed by atoms with E-state index in [1.165, 1.54) is 6.92 Å². The van der Waals surface area contributed by atoms with E-state index in [0.29, 0.717) is 11.1 Å². The van der Waals surface area contributed by atoms with Crippen LogP contribution in [0.4, 0.5) is 0 Å². The van der Waals surface area contributed by atoms with Crippen LogP contribution in [0.1, 0.15) is 27.6 Å². The highest BCUT2D eigenvalue weighted by molar-refractivity contribution is 5.91.